The molecule has 0 amide bonds. The maximum absolute atomic E-state index is 12.5. The molecule has 0 unspecified atom stereocenters. The number of carboxylic acid groups (broad SMARTS) is 1. The summed E-state index contributed by atoms with van der Waals surface area (Å²) in [6.45, 7) is 11.1. The van der Waals surface area contributed by atoms with Crippen molar-refractivity contribution < 1.29 is 9.90 Å². The molecule has 1 saturated carbocycles. The van der Waals surface area contributed by atoms with Crippen LogP contribution in [0.25, 0.3) is 0 Å². The van der Waals surface area contributed by atoms with Crippen molar-refractivity contribution in [2.45, 2.75) is 58.5 Å². The van der Waals surface area contributed by atoms with Crippen molar-refractivity contribution >= 4 is 23.4 Å². The normalized spacial score (nSPS) is 28.6. The third-order valence-electron chi connectivity index (χ3n) is 6.30. The molecule has 1 fully saturated rings. The summed E-state index contributed by atoms with van der Waals surface area (Å²) < 4.78 is 0.998. The fraction of sp³-hybridized carbons (Fsp3) is 0.722. The summed E-state index contributed by atoms with van der Waals surface area (Å²) in [6.07, 6.45) is 4.44. The minimum Gasteiger partial charge on any atom is -0.480 e. The SMILES string of the molecule is CSc1c(N[C@@H]2C[C@H](C)C(C)(C)[C@H](C)[C@H]2C)cnn(CC(=O)O)c1=O. The second-order valence-corrected chi connectivity index (χ2v) is 8.62. The lowest BCUT2D eigenvalue weighted by Crippen LogP contribution is -2.48. The van der Waals surface area contributed by atoms with Crippen LogP contribution in [-0.4, -0.2) is 33.2 Å². The van der Waals surface area contributed by atoms with E-state index in [1.807, 2.05) is 6.26 Å². The Hall–Kier alpha value is -1.50. The lowest BCUT2D eigenvalue weighted by Gasteiger charge is -2.50. The largest absolute Gasteiger partial charge is 0.480 e. The van der Waals surface area contributed by atoms with Crippen LogP contribution in [0.2, 0.25) is 0 Å². The summed E-state index contributed by atoms with van der Waals surface area (Å²) >= 11 is 1.33. The Bertz CT molecular complexity index is 701. The predicted octanol–water partition coefficient (Wildman–Crippen LogP) is 3.17. The van der Waals surface area contributed by atoms with Crippen LogP contribution in [0.5, 0.6) is 0 Å². The van der Waals surface area contributed by atoms with E-state index in [0.717, 1.165) is 11.1 Å². The van der Waals surface area contributed by atoms with Crippen LogP contribution in [0.3, 0.4) is 0 Å². The van der Waals surface area contributed by atoms with Gasteiger partial charge in [0.05, 0.1) is 16.8 Å². The zero-order valence-corrected chi connectivity index (χ0v) is 16.7. The number of aromatic nitrogens is 2. The van der Waals surface area contributed by atoms with Gasteiger partial charge < -0.3 is 10.4 Å². The number of nitrogens with one attached hydrogen (secondary N) is 1. The number of hydrogen-bond acceptors (Lipinski definition) is 5. The molecule has 0 radical (unpaired) electrons. The molecule has 4 atom stereocenters. The van der Waals surface area contributed by atoms with Crippen LogP contribution in [0.4, 0.5) is 5.69 Å². The Labute approximate surface area is 153 Å². The minimum absolute atomic E-state index is 0.264. The van der Waals surface area contributed by atoms with Crippen LogP contribution >= 0.6 is 11.8 Å². The summed E-state index contributed by atoms with van der Waals surface area (Å²) in [6, 6.07) is 0.264. The molecule has 1 aliphatic rings. The number of carboxylic acids is 1. The number of aliphatic carboxylic acids is 1. The van der Waals surface area contributed by atoms with Gasteiger partial charge in [-0.3, -0.25) is 9.59 Å². The first kappa shape index (κ1) is 19.8. The molecule has 25 heavy (non-hydrogen) atoms. The summed E-state index contributed by atoms with van der Waals surface area (Å²) in [4.78, 5) is 23.9. The van der Waals surface area contributed by atoms with Gasteiger partial charge in [-0.2, -0.15) is 5.10 Å². The van der Waals surface area contributed by atoms with Crippen molar-refractivity contribution in [3.63, 3.8) is 0 Å². The fourth-order valence-electron chi connectivity index (χ4n) is 3.78. The first-order valence-electron chi connectivity index (χ1n) is 8.72. The molecule has 0 aliphatic heterocycles. The fourth-order valence-corrected chi connectivity index (χ4v) is 4.39. The highest BCUT2D eigenvalue weighted by Crippen LogP contribution is 2.48. The molecular formula is C18H29N3O3S. The van der Waals surface area contributed by atoms with E-state index in [9.17, 15) is 9.59 Å². The Morgan fingerprint density at radius 3 is 2.64 bits per heavy atom. The second kappa shape index (κ2) is 7.40. The van der Waals surface area contributed by atoms with Crippen molar-refractivity contribution in [3.8, 4) is 0 Å². The maximum Gasteiger partial charge on any atom is 0.325 e. The van der Waals surface area contributed by atoms with Crippen molar-refractivity contribution in [1.82, 2.24) is 9.78 Å². The molecule has 1 aromatic rings. The number of thioether (sulfide) groups is 1. The van der Waals surface area contributed by atoms with Gasteiger partial charge in [0.2, 0.25) is 0 Å². The first-order chi connectivity index (χ1) is 11.6. The molecule has 2 N–H and O–H groups in total. The van der Waals surface area contributed by atoms with Gasteiger partial charge in [-0.1, -0.05) is 34.6 Å². The van der Waals surface area contributed by atoms with E-state index < -0.39 is 12.5 Å². The second-order valence-electron chi connectivity index (χ2n) is 7.80. The molecular weight excluding hydrogens is 338 g/mol. The van der Waals surface area contributed by atoms with Crippen LogP contribution in [-0.2, 0) is 11.3 Å². The van der Waals surface area contributed by atoms with E-state index in [-0.39, 0.29) is 17.0 Å². The molecule has 1 heterocycles. The molecule has 0 saturated heterocycles. The number of carbonyl (C=O) groups is 1. The first-order valence-corrected chi connectivity index (χ1v) is 9.94. The van der Waals surface area contributed by atoms with E-state index in [0.29, 0.717) is 28.3 Å². The number of anilines is 1. The van der Waals surface area contributed by atoms with Crippen LogP contribution in [0, 0.1) is 23.2 Å². The summed E-state index contributed by atoms with van der Waals surface area (Å²) in [5, 5.41) is 16.5. The van der Waals surface area contributed by atoms with Gasteiger partial charge in [-0.25, -0.2) is 4.68 Å². The van der Waals surface area contributed by atoms with Gasteiger partial charge in [0, 0.05) is 6.04 Å². The van der Waals surface area contributed by atoms with Gasteiger partial charge in [-0.05, 0) is 35.8 Å². The summed E-state index contributed by atoms with van der Waals surface area (Å²) in [7, 11) is 0. The van der Waals surface area contributed by atoms with Crippen LogP contribution in [0.1, 0.15) is 41.0 Å². The van der Waals surface area contributed by atoms with Crippen molar-refractivity contribution in [1.29, 1.82) is 0 Å². The van der Waals surface area contributed by atoms with Crippen molar-refractivity contribution in [2.24, 2.45) is 23.2 Å². The highest BCUT2D eigenvalue weighted by atomic mass is 32.2. The Morgan fingerprint density at radius 1 is 1.44 bits per heavy atom. The predicted molar refractivity (Wildman–Crippen MR) is 101 cm³/mol. The molecule has 1 aromatic heterocycles. The quantitative estimate of drug-likeness (QED) is 0.778. The van der Waals surface area contributed by atoms with Gasteiger partial charge >= 0.3 is 5.97 Å². The maximum atomic E-state index is 12.5. The molecule has 0 spiro atoms. The highest BCUT2D eigenvalue weighted by molar-refractivity contribution is 7.98. The van der Waals surface area contributed by atoms with Gasteiger partial charge in [-0.15, -0.1) is 11.8 Å². The van der Waals surface area contributed by atoms with Gasteiger partial charge in [0.15, 0.2) is 0 Å². The van der Waals surface area contributed by atoms with E-state index in [1.54, 1.807) is 6.20 Å². The van der Waals surface area contributed by atoms with E-state index in [2.05, 4.69) is 45.0 Å². The topological polar surface area (TPSA) is 84.2 Å². The van der Waals surface area contributed by atoms with E-state index in [1.165, 1.54) is 11.8 Å². The lowest BCUT2D eigenvalue weighted by molar-refractivity contribution is -0.138. The summed E-state index contributed by atoms with van der Waals surface area (Å²) in [5.74, 6) is 0.497. The standard InChI is InChI=1S/C18H29N3O3S/c1-10-7-13(11(2)12(3)18(10,4)5)20-14-8-19-21(9-15(22)23)17(24)16(14)25-6/h8,10-13,20H,7,9H2,1-6H3,(H,22,23)/t10-,11+,12+,13+/m0/s1. The van der Waals surface area contributed by atoms with E-state index >= 15 is 0 Å². The third-order valence-corrected chi connectivity index (χ3v) is 7.11. The average Bonchev–Trinajstić information content (AvgIpc) is 2.53. The lowest BCUT2D eigenvalue weighted by atomic mass is 9.58. The van der Waals surface area contributed by atoms with Gasteiger partial charge in [0.1, 0.15) is 6.54 Å². The molecule has 0 bridgehead atoms. The summed E-state index contributed by atoms with van der Waals surface area (Å²) in [5.41, 5.74) is 0.628. The monoisotopic (exact) mass is 367 g/mol. The van der Waals surface area contributed by atoms with Crippen LogP contribution in [0.15, 0.2) is 15.9 Å². The number of hydrogen-bond donors (Lipinski definition) is 2. The average molecular weight is 368 g/mol. The zero-order valence-electron chi connectivity index (χ0n) is 15.9. The third kappa shape index (κ3) is 3.86. The molecule has 2 rings (SSSR count). The Kier molecular flexibility index (Phi) is 5.86. The molecule has 7 heteroatoms. The number of rotatable bonds is 5. The zero-order chi connectivity index (χ0) is 18.9. The Balaban J connectivity index is 2.30. The smallest absolute Gasteiger partial charge is 0.325 e. The molecule has 6 nitrogen and oxygen atoms in total. The highest BCUT2D eigenvalue weighted by Gasteiger charge is 2.43. The molecule has 1 aliphatic carbocycles. The Morgan fingerprint density at radius 2 is 2.08 bits per heavy atom. The molecule has 0 aromatic carbocycles. The molecule has 140 valence electrons. The van der Waals surface area contributed by atoms with Crippen molar-refractivity contribution in [2.75, 3.05) is 11.6 Å². The van der Waals surface area contributed by atoms with Gasteiger partial charge in [0.25, 0.3) is 5.56 Å². The van der Waals surface area contributed by atoms with Crippen LogP contribution < -0.4 is 10.9 Å². The number of nitrogens with zero attached hydrogens (tertiary/aromatic N) is 2. The van der Waals surface area contributed by atoms with E-state index in [4.69, 9.17) is 5.11 Å². The minimum atomic E-state index is -1.08. The van der Waals surface area contributed by atoms with Crippen molar-refractivity contribution in [3.05, 3.63) is 16.6 Å².